The molecule has 31 heavy (non-hydrogen) atoms. The number of carbonyl (C=O) groups is 3. The number of nitrogens with one attached hydrogen (secondary N) is 1. The van der Waals surface area contributed by atoms with Crippen molar-refractivity contribution >= 4 is 24.1 Å². The van der Waals surface area contributed by atoms with Gasteiger partial charge in [-0.2, -0.15) is 0 Å². The van der Waals surface area contributed by atoms with E-state index in [4.69, 9.17) is 0 Å². The monoisotopic (exact) mass is 424 g/mol. The summed E-state index contributed by atoms with van der Waals surface area (Å²) in [5, 5.41) is 2.38. The van der Waals surface area contributed by atoms with Crippen molar-refractivity contribution in [2.45, 2.75) is 70.0 Å². The molecule has 3 aliphatic rings. The Hall–Kier alpha value is -2.54. The smallest absolute Gasteiger partial charge is 0.299 e. The van der Waals surface area contributed by atoms with Crippen molar-refractivity contribution in [1.82, 2.24) is 15.1 Å². The Morgan fingerprint density at radius 2 is 1.61 bits per heavy atom. The van der Waals surface area contributed by atoms with Gasteiger partial charge in [0.15, 0.2) is 5.92 Å². The number of barbiturate groups is 1. The SMILES string of the molecule is O=C1NC(=O)N(C2CCCCCC2)C(=O)C1C=NC1CCN(Cc2ccccc2)CC1. The summed E-state index contributed by atoms with van der Waals surface area (Å²) >= 11 is 0. The first-order valence-corrected chi connectivity index (χ1v) is 11.6. The molecule has 2 heterocycles. The van der Waals surface area contributed by atoms with Crippen LogP contribution in [0, 0.1) is 5.92 Å². The second kappa shape index (κ2) is 10.2. The molecule has 2 saturated heterocycles. The van der Waals surface area contributed by atoms with Crippen LogP contribution in [0.1, 0.15) is 56.9 Å². The molecule has 0 spiro atoms. The quantitative estimate of drug-likeness (QED) is 0.447. The van der Waals surface area contributed by atoms with Gasteiger partial charge in [0.2, 0.25) is 11.8 Å². The number of imide groups is 2. The molecule has 3 fully saturated rings. The first-order chi connectivity index (χ1) is 15.1. The summed E-state index contributed by atoms with van der Waals surface area (Å²) in [5.41, 5.74) is 1.30. The minimum absolute atomic E-state index is 0.108. The Morgan fingerprint density at radius 3 is 2.29 bits per heavy atom. The van der Waals surface area contributed by atoms with Gasteiger partial charge in [0.05, 0.1) is 6.04 Å². The van der Waals surface area contributed by atoms with Crippen molar-refractivity contribution in [3.63, 3.8) is 0 Å². The first kappa shape index (κ1) is 21.7. The summed E-state index contributed by atoms with van der Waals surface area (Å²) in [5.74, 6) is -1.96. The number of hydrogen-bond acceptors (Lipinski definition) is 5. The summed E-state index contributed by atoms with van der Waals surface area (Å²) < 4.78 is 0. The maximum absolute atomic E-state index is 13.0. The van der Waals surface area contributed by atoms with Crippen LogP contribution >= 0.6 is 0 Å². The van der Waals surface area contributed by atoms with Gasteiger partial charge in [-0.25, -0.2) is 4.79 Å². The number of hydrogen-bond donors (Lipinski definition) is 1. The predicted octanol–water partition coefficient (Wildman–Crippen LogP) is 3.14. The number of rotatable bonds is 5. The van der Waals surface area contributed by atoms with Gasteiger partial charge in [-0.3, -0.25) is 29.7 Å². The fourth-order valence-electron chi connectivity index (χ4n) is 4.87. The Morgan fingerprint density at radius 1 is 0.935 bits per heavy atom. The molecule has 7 heteroatoms. The van der Waals surface area contributed by atoms with E-state index in [2.05, 4.69) is 39.5 Å². The van der Waals surface area contributed by atoms with Crippen LogP contribution < -0.4 is 5.32 Å². The van der Waals surface area contributed by atoms with Crippen molar-refractivity contribution in [2.24, 2.45) is 10.9 Å². The number of piperidine rings is 1. The van der Waals surface area contributed by atoms with Crippen molar-refractivity contribution in [2.75, 3.05) is 13.1 Å². The van der Waals surface area contributed by atoms with Crippen LogP contribution in [0.25, 0.3) is 0 Å². The average Bonchev–Trinajstić information content (AvgIpc) is 3.05. The van der Waals surface area contributed by atoms with Gasteiger partial charge in [0.1, 0.15) is 0 Å². The second-order valence-electron chi connectivity index (χ2n) is 8.92. The lowest BCUT2D eigenvalue weighted by molar-refractivity contribution is -0.140. The van der Waals surface area contributed by atoms with Crippen LogP contribution in [-0.2, 0) is 16.1 Å². The van der Waals surface area contributed by atoms with Crippen molar-refractivity contribution in [1.29, 1.82) is 0 Å². The highest BCUT2D eigenvalue weighted by atomic mass is 16.2. The fourth-order valence-corrected chi connectivity index (χ4v) is 4.87. The van der Waals surface area contributed by atoms with E-state index >= 15 is 0 Å². The molecule has 2 aliphatic heterocycles. The lowest BCUT2D eigenvalue weighted by Gasteiger charge is -2.34. The van der Waals surface area contributed by atoms with Crippen LogP contribution in [0.2, 0.25) is 0 Å². The van der Waals surface area contributed by atoms with Gasteiger partial charge in [-0.15, -0.1) is 0 Å². The largest absolute Gasteiger partial charge is 0.331 e. The van der Waals surface area contributed by atoms with E-state index in [1.807, 2.05) is 6.07 Å². The zero-order chi connectivity index (χ0) is 21.6. The van der Waals surface area contributed by atoms with Crippen LogP contribution in [0.4, 0.5) is 4.79 Å². The second-order valence-corrected chi connectivity index (χ2v) is 8.92. The van der Waals surface area contributed by atoms with Crippen LogP contribution in [0.15, 0.2) is 35.3 Å². The number of aliphatic imine (C=N–C) groups is 1. The highest BCUT2D eigenvalue weighted by Gasteiger charge is 2.42. The number of carbonyl (C=O) groups excluding carboxylic acids is 3. The molecule has 7 nitrogen and oxygen atoms in total. The molecule has 1 aromatic carbocycles. The lowest BCUT2D eigenvalue weighted by atomic mass is 10.0. The van der Waals surface area contributed by atoms with Gasteiger partial charge < -0.3 is 0 Å². The van der Waals surface area contributed by atoms with Crippen molar-refractivity contribution in [3.8, 4) is 0 Å². The summed E-state index contributed by atoms with van der Waals surface area (Å²) in [6.07, 6.45) is 9.21. The average molecular weight is 425 g/mol. The van der Waals surface area contributed by atoms with E-state index in [9.17, 15) is 14.4 Å². The van der Waals surface area contributed by atoms with E-state index in [1.165, 1.54) is 16.7 Å². The van der Waals surface area contributed by atoms with Crippen LogP contribution in [0.5, 0.6) is 0 Å². The van der Waals surface area contributed by atoms with E-state index < -0.39 is 23.8 Å². The topological polar surface area (TPSA) is 82.1 Å². The third-order valence-electron chi connectivity index (χ3n) is 6.68. The highest BCUT2D eigenvalue weighted by molar-refractivity contribution is 6.23. The minimum Gasteiger partial charge on any atom is -0.299 e. The fraction of sp³-hybridized carbons (Fsp3) is 0.583. The van der Waals surface area contributed by atoms with E-state index in [1.54, 1.807) is 0 Å². The standard InChI is InChI=1S/C24H32N4O3/c29-22-21(23(30)28(24(31)26-22)20-10-6-1-2-7-11-20)16-25-19-12-14-27(15-13-19)17-18-8-4-3-5-9-18/h3-5,8-9,16,19-21H,1-2,6-7,10-15,17H2,(H,26,29,31). The summed E-state index contributed by atoms with van der Waals surface area (Å²) in [6.45, 7) is 2.81. The minimum atomic E-state index is -0.997. The van der Waals surface area contributed by atoms with Crippen LogP contribution in [-0.4, -0.2) is 59.0 Å². The number of likely N-dealkylation sites (tertiary alicyclic amines) is 1. The highest BCUT2D eigenvalue weighted by Crippen LogP contribution is 2.25. The molecule has 1 aliphatic carbocycles. The molecule has 4 rings (SSSR count). The molecule has 1 N–H and O–H groups in total. The maximum atomic E-state index is 13.0. The van der Waals surface area contributed by atoms with Gasteiger partial charge in [0.25, 0.3) is 0 Å². The molecule has 1 unspecified atom stereocenters. The van der Waals surface area contributed by atoms with Crippen molar-refractivity contribution < 1.29 is 14.4 Å². The van der Waals surface area contributed by atoms with E-state index in [-0.39, 0.29) is 12.1 Å². The number of urea groups is 1. The third kappa shape index (κ3) is 5.39. The normalized spacial score (nSPS) is 25.1. The van der Waals surface area contributed by atoms with E-state index in [0.717, 1.165) is 71.0 Å². The van der Waals surface area contributed by atoms with Gasteiger partial charge in [-0.05, 0) is 31.2 Å². The van der Waals surface area contributed by atoms with Gasteiger partial charge in [-0.1, -0.05) is 56.0 Å². The first-order valence-electron chi connectivity index (χ1n) is 11.6. The molecule has 166 valence electrons. The molecule has 0 bridgehead atoms. The van der Waals surface area contributed by atoms with Crippen molar-refractivity contribution in [3.05, 3.63) is 35.9 Å². The van der Waals surface area contributed by atoms with Crippen LogP contribution in [0.3, 0.4) is 0 Å². The molecule has 1 aromatic rings. The maximum Gasteiger partial charge on any atom is 0.331 e. The summed E-state index contributed by atoms with van der Waals surface area (Å²) in [6, 6.07) is 9.84. The van der Waals surface area contributed by atoms with Gasteiger partial charge in [0, 0.05) is 31.9 Å². The van der Waals surface area contributed by atoms with Gasteiger partial charge >= 0.3 is 6.03 Å². The molecule has 0 radical (unpaired) electrons. The Bertz CT molecular complexity index is 809. The molecule has 0 aromatic heterocycles. The Balaban J connectivity index is 1.34. The lowest BCUT2D eigenvalue weighted by Crippen LogP contribution is -2.61. The Labute approximate surface area is 183 Å². The number of amides is 4. The third-order valence-corrected chi connectivity index (χ3v) is 6.68. The molecule has 1 saturated carbocycles. The van der Waals surface area contributed by atoms with E-state index in [0.29, 0.717) is 0 Å². The zero-order valence-electron chi connectivity index (χ0n) is 18.0. The number of nitrogens with zero attached hydrogens (tertiary/aromatic N) is 3. The molecule has 1 atom stereocenters. The zero-order valence-corrected chi connectivity index (χ0v) is 18.0. The molecule has 4 amide bonds. The molecular formula is C24H32N4O3. The predicted molar refractivity (Wildman–Crippen MR) is 119 cm³/mol. The molecular weight excluding hydrogens is 392 g/mol. The summed E-state index contributed by atoms with van der Waals surface area (Å²) in [7, 11) is 0. The Kier molecular flexibility index (Phi) is 7.12. The number of benzene rings is 1. The summed E-state index contributed by atoms with van der Waals surface area (Å²) in [4.78, 5) is 46.1.